The van der Waals surface area contributed by atoms with Crippen LogP contribution in [0.5, 0.6) is 0 Å². The fourth-order valence-corrected chi connectivity index (χ4v) is 2.88. The molecule has 1 atom stereocenters. The van der Waals surface area contributed by atoms with Crippen molar-refractivity contribution in [2.45, 2.75) is 65.1 Å². The van der Waals surface area contributed by atoms with Gasteiger partial charge in [-0.2, -0.15) is 0 Å². The van der Waals surface area contributed by atoms with Crippen molar-refractivity contribution < 1.29 is 0 Å². The molecular weight excluding hydrogens is 264 g/mol. The Labute approximate surface area is 127 Å². The third-order valence-corrected chi connectivity index (χ3v) is 4.13. The van der Waals surface area contributed by atoms with Crippen molar-refractivity contribution in [1.82, 2.24) is 14.9 Å². The van der Waals surface area contributed by atoms with Gasteiger partial charge in [-0.3, -0.25) is 4.79 Å². The fourth-order valence-electron chi connectivity index (χ4n) is 2.88. The third kappa shape index (κ3) is 3.84. The minimum atomic E-state index is 0.0111. The standard InChI is InChI=1S/C16H28N4O/c1-12(2)19-10-9-18-15(16(19)21)20(13(3)4)11-14-7-5-6-8-17-14/h9-10,12-14,17H,5-8,11H2,1-4H3. The van der Waals surface area contributed by atoms with Gasteiger partial charge >= 0.3 is 0 Å². The largest absolute Gasteiger partial charge is 0.348 e. The van der Waals surface area contributed by atoms with Crippen LogP contribution in [0.25, 0.3) is 0 Å². The van der Waals surface area contributed by atoms with Gasteiger partial charge < -0.3 is 14.8 Å². The van der Waals surface area contributed by atoms with E-state index in [0.717, 1.165) is 13.1 Å². The molecule has 0 aliphatic carbocycles. The molecule has 1 aliphatic rings. The minimum absolute atomic E-state index is 0.0111. The maximum Gasteiger partial charge on any atom is 0.293 e. The zero-order valence-corrected chi connectivity index (χ0v) is 13.7. The molecule has 0 spiro atoms. The van der Waals surface area contributed by atoms with E-state index in [1.54, 1.807) is 17.0 Å². The lowest BCUT2D eigenvalue weighted by Gasteiger charge is -2.33. The van der Waals surface area contributed by atoms with E-state index in [4.69, 9.17) is 0 Å². The molecule has 2 heterocycles. The van der Waals surface area contributed by atoms with E-state index >= 15 is 0 Å². The van der Waals surface area contributed by atoms with Crippen molar-refractivity contribution >= 4 is 5.82 Å². The van der Waals surface area contributed by atoms with E-state index < -0.39 is 0 Å². The first kappa shape index (κ1) is 16.0. The Balaban J connectivity index is 2.25. The van der Waals surface area contributed by atoms with Gasteiger partial charge in [-0.05, 0) is 47.1 Å². The molecule has 1 fully saturated rings. The Hall–Kier alpha value is -1.36. The normalized spacial score (nSPS) is 19.2. The van der Waals surface area contributed by atoms with Crippen LogP contribution in [0.4, 0.5) is 5.82 Å². The lowest BCUT2D eigenvalue weighted by atomic mass is 10.0. The average Bonchev–Trinajstić information content (AvgIpc) is 2.46. The van der Waals surface area contributed by atoms with E-state index in [9.17, 15) is 4.79 Å². The third-order valence-electron chi connectivity index (χ3n) is 4.13. The van der Waals surface area contributed by atoms with E-state index in [0.29, 0.717) is 11.9 Å². The summed E-state index contributed by atoms with van der Waals surface area (Å²) in [6.45, 7) is 10.2. The van der Waals surface area contributed by atoms with Crippen LogP contribution in [0.1, 0.15) is 53.0 Å². The number of nitrogens with one attached hydrogen (secondary N) is 1. The summed E-state index contributed by atoms with van der Waals surface area (Å²) >= 11 is 0. The van der Waals surface area contributed by atoms with Gasteiger partial charge in [-0.15, -0.1) is 0 Å². The second-order valence-corrected chi connectivity index (χ2v) is 6.45. The Morgan fingerprint density at radius 1 is 1.38 bits per heavy atom. The molecule has 1 aromatic heterocycles. The van der Waals surface area contributed by atoms with E-state index in [1.807, 2.05) is 13.8 Å². The number of nitrogens with zero attached hydrogens (tertiary/aromatic N) is 3. The van der Waals surface area contributed by atoms with Gasteiger partial charge in [-0.25, -0.2) is 4.98 Å². The zero-order chi connectivity index (χ0) is 15.4. The molecule has 1 N–H and O–H groups in total. The molecule has 5 nitrogen and oxygen atoms in total. The molecule has 0 bridgehead atoms. The van der Waals surface area contributed by atoms with Gasteiger partial charge in [-0.1, -0.05) is 6.42 Å². The topological polar surface area (TPSA) is 50.2 Å². The molecule has 1 unspecified atom stereocenters. The first-order chi connectivity index (χ1) is 10.0. The van der Waals surface area contributed by atoms with Crippen LogP contribution in [0.3, 0.4) is 0 Å². The molecule has 2 rings (SSSR count). The van der Waals surface area contributed by atoms with Crippen LogP contribution in [0.15, 0.2) is 17.2 Å². The quantitative estimate of drug-likeness (QED) is 0.904. The highest BCUT2D eigenvalue weighted by Gasteiger charge is 2.22. The number of hydrogen-bond acceptors (Lipinski definition) is 4. The van der Waals surface area contributed by atoms with E-state index in [1.165, 1.54) is 19.3 Å². The number of hydrogen-bond donors (Lipinski definition) is 1. The Bertz CT molecular complexity index is 503. The molecule has 1 aliphatic heterocycles. The van der Waals surface area contributed by atoms with Crippen molar-refractivity contribution in [2.24, 2.45) is 0 Å². The molecule has 118 valence electrons. The summed E-state index contributed by atoms with van der Waals surface area (Å²) in [5.74, 6) is 0.577. The smallest absolute Gasteiger partial charge is 0.293 e. The van der Waals surface area contributed by atoms with Crippen LogP contribution in [0, 0.1) is 0 Å². The van der Waals surface area contributed by atoms with Crippen LogP contribution in [-0.2, 0) is 0 Å². The Morgan fingerprint density at radius 3 is 2.71 bits per heavy atom. The minimum Gasteiger partial charge on any atom is -0.348 e. The van der Waals surface area contributed by atoms with Gasteiger partial charge in [0.15, 0.2) is 5.82 Å². The summed E-state index contributed by atoms with van der Waals surface area (Å²) in [5.41, 5.74) is 0.0111. The molecule has 0 amide bonds. The van der Waals surface area contributed by atoms with Crippen LogP contribution < -0.4 is 15.8 Å². The van der Waals surface area contributed by atoms with Crippen molar-refractivity contribution in [1.29, 1.82) is 0 Å². The molecule has 0 aromatic carbocycles. The van der Waals surface area contributed by atoms with Crippen LogP contribution in [0.2, 0.25) is 0 Å². The van der Waals surface area contributed by atoms with E-state index in [2.05, 4.69) is 29.0 Å². The Kier molecular flexibility index (Phi) is 5.39. The molecular formula is C16H28N4O. The van der Waals surface area contributed by atoms with Crippen molar-refractivity contribution in [2.75, 3.05) is 18.0 Å². The highest BCUT2D eigenvalue weighted by Crippen LogP contribution is 2.15. The molecule has 0 saturated carbocycles. The Morgan fingerprint density at radius 2 is 2.14 bits per heavy atom. The summed E-state index contributed by atoms with van der Waals surface area (Å²) in [6, 6.07) is 0.869. The summed E-state index contributed by atoms with van der Waals surface area (Å²) in [5, 5.41) is 3.55. The zero-order valence-electron chi connectivity index (χ0n) is 13.7. The summed E-state index contributed by atoms with van der Waals surface area (Å²) in [4.78, 5) is 19.2. The number of piperidine rings is 1. The summed E-state index contributed by atoms with van der Waals surface area (Å²) < 4.78 is 1.76. The van der Waals surface area contributed by atoms with Gasteiger partial charge in [0, 0.05) is 37.1 Å². The van der Waals surface area contributed by atoms with Crippen LogP contribution >= 0.6 is 0 Å². The number of anilines is 1. The van der Waals surface area contributed by atoms with Crippen molar-refractivity contribution in [3.8, 4) is 0 Å². The van der Waals surface area contributed by atoms with E-state index in [-0.39, 0.29) is 17.6 Å². The second-order valence-electron chi connectivity index (χ2n) is 6.45. The summed E-state index contributed by atoms with van der Waals surface area (Å²) in [6.07, 6.45) is 7.20. The fraction of sp³-hybridized carbons (Fsp3) is 0.750. The number of aromatic nitrogens is 2. The highest BCUT2D eigenvalue weighted by atomic mass is 16.1. The van der Waals surface area contributed by atoms with Gasteiger partial charge in [0.1, 0.15) is 0 Å². The van der Waals surface area contributed by atoms with Crippen LogP contribution in [-0.4, -0.2) is 34.7 Å². The SMILES string of the molecule is CC(C)N(CC1CCCCN1)c1nccn(C(C)C)c1=O. The monoisotopic (exact) mass is 292 g/mol. The molecule has 1 aromatic rings. The average molecular weight is 292 g/mol. The van der Waals surface area contributed by atoms with Gasteiger partial charge in [0.2, 0.25) is 0 Å². The molecule has 1 saturated heterocycles. The first-order valence-electron chi connectivity index (χ1n) is 8.08. The second kappa shape index (κ2) is 7.07. The highest BCUT2D eigenvalue weighted by molar-refractivity contribution is 5.37. The number of rotatable bonds is 5. The predicted octanol–water partition coefficient (Wildman–Crippen LogP) is 2.18. The maximum atomic E-state index is 12.6. The maximum absolute atomic E-state index is 12.6. The lowest BCUT2D eigenvalue weighted by Crippen LogP contribution is -2.48. The molecule has 21 heavy (non-hydrogen) atoms. The first-order valence-corrected chi connectivity index (χ1v) is 8.08. The summed E-state index contributed by atoms with van der Waals surface area (Å²) in [7, 11) is 0. The van der Waals surface area contributed by atoms with Gasteiger partial charge in [0.05, 0.1) is 0 Å². The molecule has 5 heteroatoms. The predicted molar refractivity (Wildman–Crippen MR) is 87.0 cm³/mol. The van der Waals surface area contributed by atoms with Crippen molar-refractivity contribution in [3.05, 3.63) is 22.7 Å². The lowest BCUT2D eigenvalue weighted by molar-refractivity contribution is 0.391. The molecule has 0 radical (unpaired) electrons. The van der Waals surface area contributed by atoms with Crippen molar-refractivity contribution in [3.63, 3.8) is 0 Å². The van der Waals surface area contributed by atoms with Gasteiger partial charge in [0.25, 0.3) is 5.56 Å².